The normalized spacial score (nSPS) is 18.8. The molecule has 1 atom stereocenters. The van der Waals surface area contributed by atoms with Crippen molar-refractivity contribution in [2.45, 2.75) is 19.4 Å². The smallest absolute Gasteiger partial charge is 0.278 e. The molecule has 0 radical (unpaired) electrons. The quantitative estimate of drug-likeness (QED) is 0.732. The molecule has 2 rings (SSSR count). The zero-order chi connectivity index (χ0) is 13.8. The second-order valence-corrected chi connectivity index (χ2v) is 5.05. The Morgan fingerprint density at radius 2 is 2.37 bits per heavy atom. The van der Waals surface area contributed by atoms with Gasteiger partial charge in [0, 0.05) is 10.7 Å². The topological polar surface area (TPSA) is 74.8 Å². The van der Waals surface area contributed by atoms with Crippen molar-refractivity contribution < 1.29 is 14.9 Å². The van der Waals surface area contributed by atoms with E-state index in [0.717, 1.165) is 12.1 Å². The molecule has 19 heavy (non-hydrogen) atoms. The molecule has 0 aliphatic carbocycles. The first-order valence-electron chi connectivity index (χ1n) is 6.23. The average Bonchev–Trinajstić information content (AvgIpc) is 2.37. The van der Waals surface area contributed by atoms with Crippen molar-refractivity contribution in [2.75, 3.05) is 18.4 Å². The minimum atomic E-state index is -0.338. The first-order chi connectivity index (χ1) is 9.06. The minimum absolute atomic E-state index is 0.0802. The van der Waals surface area contributed by atoms with E-state index in [0.29, 0.717) is 17.3 Å². The van der Waals surface area contributed by atoms with Crippen molar-refractivity contribution in [1.82, 2.24) is 5.32 Å². The summed E-state index contributed by atoms with van der Waals surface area (Å²) in [5.74, 6) is -0.262. The summed E-state index contributed by atoms with van der Waals surface area (Å²) < 4.78 is 0. The number of anilines is 1. The van der Waals surface area contributed by atoms with Crippen molar-refractivity contribution in [3.05, 3.63) is 28.8 Å². The molecule has 1 unspecified atom stereocenters. The van der Waals surface area contributed by atoms with Gasteiger partial charge in [-0.05, 0) is 24.6 Å². The maximum atomic E-state index is 11.9. The van der Waals surface area contributed by atoms with Gasteiger partial charge in [0.2, 0.25) is 5.91 Å². The van der Waals surface area contributed by atoms with Crippen molar-refractivity contribution in [2.24, 2.45) is 0 Å². The van der Waals surface area contributed by atoms with Gasteiger partial charge in [-0.15, -0.1) is 0 Å². The molecule has 6 heteroatoms. The molecule has 1 aliphatic rings. The number of nitrogens with two attached hydrogens (primary N) is 1. The summed E-state index contributed by atoms with van der Waals surface area (Å²) in [6, 6.07) is 5.01. The summed E-state index contributed by atoms with van der Waals surface area (Å²) in [5, 5.41) is 8.00. The van der Waals surface area contributed by atoms with Crippen molar-refractivity contribution in [1.29, 1.82) is 0 Å². The first kappa shape index (κ1) is 13.8. The Morgan fingerprint density at radius 1 is 1.58 bits per heavy atom. The fourth-order valence-corrected chi connectivity index (χ4v) is 2.16. The predicted molar refractivity (Wildman–Crippen MR) is 73.0 cm³/mol. The minimum Gasteiger partial charge on any atom is -0.345 e. The van der Waals surface area contributed by atoms with E-state index in [1.165, 1.54) is 0 Å². The summed E-state index contributed by atoms with van der Waals surface area (Å²) in [6.45, 7) is 3.36. The van der Waals surface area contributed by atoms with Crippen LogP contribution in [0.15, 0.2) is 18.2 Å². The van der Waals surface area contributed by atoms with Gasteiger partial charge in [-0.1, -0.05) is 17.7 Å². The summed E-state index contributed by atoms with van der Waals surface area (Å²) in [6.07, 6.45) is 0.164. The van der Waals surface area contributed by atoms with Crippen LogP contribution in [-0.4, -0.2) is 30.9 Å². The highest BCUT2D eigenvalue weighted by Gasteiger charge is 2.27. The van der Waals surface area contributed by atoms with Crippen molar-refractivity contribution >= 4 is 29.1 Å². The van der Waals surface area contributed by atoms with Crippen LogP contribution in [0.2, 0.25) is 5.02 Å². The number of aryl methyl sites for hydroxylation is 1. The molecule has 0 spiro atoms. The molecule has 1 aromatic rings. The van der Waals surface area contributed by atoms with Gasteiger partial charge in [0.1, 0.15) is 0 Å². The highest BCUT2D eigenvalue weighted by molar-refractivity contribution is 6.31. The number of hydrogen-bond donors (Lipinski definition) is 3. The largest absolute Gasteiger partial charge is 0.345 e. The van der Waals surface area contributed by atoms with E-state index >= 15 is 0 Å². The van der Waals surface area contributed by atoms with E-state index in [9.17, 15) is 9.59 Å². The second kappa shape index (κ2) is 6.04. The standard InChI is InChI=1S/C13H16ClN3O2/c1-8-2-3-9(6-10(8)14)17-12(18)7-11-13(19)16-5-4-15-11/h2-3,6,11,15H,4-5,7H2,1H3,(H,16,19)(H,17,18)/p+1. The highest BCUT2D eigenvalue weighted by atomic mass is 35.5. The Morgan fingerprint density at radius 3 is 3.05 bits per heavy atom. The summed E-state index contributed by atoms with van der Waals surface area (Å²) in [4.78, 5) is 23.4. The van der Waals surface area contributed by atoms with Crippen LogP contribution in [0.1, 0.15) is 12.0 Å². The molecule has 1 aromatic carbocycles. The Bertz CT molecular complexity index is 505. The Labute approximate surface area is 116 Å². The van der Waals surface area contributed by atoms with Crippen LogP contribution < -0.4 is 16.0 Å². The van der Waals surface area contributed by atoms with E-state index in [2.05, 4.69) is 10.6 Å². The molecular weight excluding hydrogens is 266 g/mol. The number of carbonyl (C=O) groups is 2. The van der Waals surface area contributed by atoms with Gasteiger partial charge in [0.05, 0.1) is 19.5 Å². The van der Waals surface area contributed by atoms with Crippen LogP contribution in [0.4, 0.5) is 5.69 Å². The van der Waals surface area contributed by atoms with Gasteiger partial charge in [-0.2, -0.15) is 0 Å². The number of benzene rings is 1. The van der Waals surface area contributed by atoms with Crippen LogP contribution >= 0.6 is 11.6 Å². The molecule has 1 fully saturated rings. The Balaban J connectivity index is 1.93. The molecule has 5 nitrogen and oxygen atoms in total. The van der Waals surface area contributed by atoms with E-state index in [4.69, 9.17) is 11.6 Å². The number of nitrogens with one attached hydrogen (secondary N) is 2. The molecule has 0 saturated carbocycles. The summed E-state index contributed by atoms with van der Waals surface area (Å²) in [7, 11) is 0. The Kier molecular flexibility index (Phi) is 4.39. The monoisotopic (exact) mass is 282 g/mol. The lowest BCUT2D eigenvalue weighted by molar-refractivity contribution is -0.678. The molecule has 1 heterocycles. The zero-order valence-electron chi connectivity index (χ0n) is 10.7. The van der Waals surface area contributed by atoms with Gasteiger partial charge in [0.25, 0.3) is 5.91 Å². The van der Waals surface area contributed by atoms with Crippen LogP contribution in [0, 0.1) is 6.92 Å². The summed E-state index contributed by atoms with van der Waals surface area (Å²) >= 11 is 5.99. The molecule has 1 saturated heterocycles. The van der Waals surface area contributed by atoms with Crippen molar-refractivity contribution in [3.63, 3.8) is 0 Å². The van der Waals surface area contributed by atoms with Crippen molar-refractivity contribution in [3.8, 4) is 0 Å². The fourth-order valence-electron chi connectivity index (χ4n) is 1.98. The maximum absolute atomic E-state index is 11.9. The van der Waals surface area contributed by atoms with Gasteiger partial charge in [-0.25, -0.2) is 0 Å². The van der Waals surface area contributed by atoms with E-state index in [-0.39, 0.29) is 24.3 Å². The number of rotatable bonds is 3. The number of halogens is 1. The van der Waals surface area contributed by atoms with E-state index < -0.39 is 0 Å². The van der Waals surface area contributed by atoms with E-state index in [1.807, 2.05) is 18.3 Å². The first-order valence-corrected chi connectivity index (χ1v) is 6.61. The molecule has 1 aliphatic heterocycles. The van der Waals surface area contributed by atoms with Gasteiger partial charge in [-0.3, -0.25) is 9.59 Å². The lowest BCUT2D eigenvalue weighted by atomic mass is 10.1. The molecule has 2 amide bonds. The highest BCUT2D eigenvalue weighted by Crippen LogP contribution is 2.20. The third-order valence-electron chi connectivity index (χ3n) is 3.09. The van der Waals surface area contributed by atoms with E-state index in [1.54, 1.807) is 12.1 Å². The van der Waals surface area contributed by atoms with Crippen LogP contribution in [0.5, 0.6) is 0 Å². The average molecular weight is 283 g/mol. The zero-order valence-corrected chi connectivity index (χ0v) is 11.5. The third kappa shape index (κ3) is 3.68. The van der Waals surface area contributed by atoms with Crippen LogP contribution in [0.3, 0.4) is 0 Å². The molecule has 0 bridgehead atoms. The van der Waals surface area contributed by atoms with Crippen LogP contribution in [0.25, 0.3) is 0 Å². The molecule has 0 aromatic heterocycles. The maximum Gasteiger partial charge on any atom is 0.278 e. The number of hydrogen-bond acceptors (Lipinski definition) is 2. The lowest BCUT2D eigenvalue weighted by Crippen LogP contribution is -2.96. The predicted octanol–water partition coefficient (Wildman–Crippen LogP) is 0.0388. The SMILES string of the molecule is Cc1ccc(NC(=O)CC2[NH2+]CCNC2=O)cc1Cl. The number of quaternary nitrogens is 1. The second-order valence-electron chi connectivity index (χ2n) is 4.64. The third-order valence-corrected chi connectivity index (χ3v) is 3.50. The molecular formula is C13H17ClN3O2+. The Hall–Kier alpha value is -1.59. The number of carbonyl (C=O) groups excluding carboxylic acids is 2. The molecule has 102 valence electrons. The number of piperazine rings is 1. The fraction of sp³-hybridized carbons (Fsp3) is 0.385. The van der Waals surface area contributed by atoms with Gasteiger partial charge < -0.3 is 16.0 Å². The molecule has 4 N–H and O–H groups in total. The van der Waals surface area contributed by atoms with Crippen LogP contribution in [-0.2, 0) is 9.59 Å². The lowest BCUT2D eigenvalue weighted by Gasteiger charge is -2.19. The van der Waals surface area contributed by atoms with Gasteiger partial charge >= 0.3 is 0 Å². The number of amides is 2. The van der Waals surface area contributed by atoms with Gasteiger partial charge in [0.15, 0.2) is 6.04 Å². The summed E-state index contributed by atoms with van der Waals surface area (Å²) in [5.41, 5.74) is 1.61.